The van der Waals surface area contributed by atoms with Crippen molar-refractivity contribution in [1.82, 2.24) is 5.32 Å². The Morgan fingerprint density at radius 1 is 1.36 bits per heavy atom. The number of hydrogen-bond acceptors (Lipinski definition) is 6. The van der Waals surface area contributed by atoms with Gasteiger partial charge in [-0.3, -0.25) is 9.59 Å². The number of carbonyl (C=O) groups is 2. The van der Waals surface area contributed by atoms with Crippen LogP contribution in [0.5, 0.6) is 5.75 Å². The third-order valence-electron chi connectivity index (χ3n) is 3.73. The third-order valence-corrected chi connectivity index (χ3v) is 3.73. The lowest BCUT2D eigenvalue weighted by Gasteiger charge is -2.15. The maximum absolute atomic E-state index is 12.2. The van der Waals surface area contributed by atoms with E-state index in [0.717, 1.165) is 5.56 Å². The van der Waals surface area contributed by atoms with Gasteiger partial charge in [0.15, 0.2) is 0 Å². The number of nitrogens with zero attached hydrogens (tertiary/aromatic N) is 1. The number of aryl methyl sites for hydroxylation is 1. The van der Waals surface area contributed by atoms with Gasteiger partial charge in [-0.2, -0.15) is 5.26 Å². The van der Waals surface area contributed by atoms with Gasteiger partial charge < -0.3 is 19.6 Å². The molecule has 0 aliphatic carbocycles. The van der Waals surface area contributed by atoms with Gasteiger partial charge in [-0.15, -0.1) is 0 Å². The number of benzene rings is 1. The van der Waals surface area contributed by atoms with Crippen molar-refractivity contribution in [3.05, 3.63) is 53.0 Å². The van der Waals surface area contributed by atoms with Gasteiger partial charge in [0.25, 0.3) is 5.91 Å². The fourth-order valence-corrected chi connectivity index (χ4v) is 2.40. The summed E-state index contributed by atoms with van der Waals surface area (Å²) in [6, 6.07) is 9.65. The number of hydrogen-bond donors (Lipinski definition) is 2. The number of ether oxygens (including phenoxy) is 1. The largest absolute Gasteiger partial charge is 0.508 e. The number of methoxy groups -OCH3 is 1. The molecule has 7 heteroatoms. The van der Waals surface area contributed by atoms with E-state index in [2.05, 4.69) is 5.32 Å². The van der Waals surface area contributed by atoms with Crippen molar-refractivity contribution in [3.63, 3.8) is 0 Å². The molecule has 1 unspecified atom stereocenters. The predicted molar refractivity (Wildman–Crippen MR) is 87.8 cm³/mol. The van der Waals surface area contributed by atoms with Gasteiger partial charge in [0.05, 0.1) is 18.6 Å². The maximum atomic E-state index is 12.2. The molecule has 1 aromatic carbocycles. The second-order valence-corrected chi connectivity index (χ2v) is 5.49. The molecule has 0 spiro atoms. The van der Waals surface area contributed by atoms with Crippen LogP contribution < -0.4 is 5.32 Å². The Labute approximate surface area is 144 Å². The van der Waals surface area contributed by atoms with Gasteiger partial charge in [0.2, 0.25) is 5.76 Å². The summed E-state index contributed by atoms with van der Waals surface area (Å²) in [4.78, 5) is 24.2. The van der Waals surface area contributed by atoms with Crippen molar-refractivity contribution in [2.75, 3.05) is 13.7 Å². The summed E-state index contributed by atoms with van der Waals surface area (Å²) in [5, 5.41) is 20.8. The minimum Gasteiger partial charge on any atom is -0.508 e. The van der Waals surface area contributed by atoms with Crippen molar-refractivity contribution in [2.45, 2.75) is 13.3 Å². The number of phenolic OH excluding ortho intramolecular Hbond substituents is 1. The molecule has 0 aliphatic heterocycles. The fourth-order valence-electron chi connectivity index (χ4n) is 2.40. The van der Waals surface area contributed by atoms with Crippen LogP contribution in [0.2, 0.25) is 0 Å². The van der Waals surface area contributed by atoms with Gasteiger partial charge in [0, 0.05) is 12.6 Å². The number of esters is 1. The van der Waals surface area contributed by atoms with Crippen LogP contribution in [-0.2, 0) is 16.0 Å². The number of carbonyl (C=O) groups excluding carboxylic acids is 2. The molecule has 0 bridgehead atoms. The van der Waals surface area contributed by atoms with E-state index < -0.39 is 17.8 Å². The van der Waals surface area contributed by atoms with Crippen LogP contribution in [0.25, 0.3) is 0 Å². The van der Waals surface area contributed by atoms with Crippen molar-refractivity contribution >= 4 is 11.9 Å². The van der Waals surface area contributed by atoms with Crippen LogP contribution in [0.3, 0.4) is 0 Å². The minimum absolute atomic E-state index is 0.0521. The van der Waals surface area contributed by atoms with E-state index in [0.29, 0.717) is 12.2 Å². The molecular formula is C18H18N2O5. The molecule has 1 heterocycles. The molecular weight excluding hydrogens is 324 g/mol. The summed E-state index contributed by atoms with van der Waals surface area (Å²) < 4.78 is 9.92. The van der Waals surface area contributed by atoms with Crippen LogP contribution in [0.1, 0.15) is 27.4 Å². The second-order valence-electron chi connectivity index (χ2n) is 5.49. The highest BCUT2D eigenvalue weighted by molar-refractivity contribution is 5.95. The fraction of sp³-hybridized carbons (Fsp3) is 0.278. The van der Waals surface area contributed by atoms with Gasteiger partial charge in [0.1, 0.15) is 17.6 Å². The molecule has 0 saturated heterocycles. The van der Waals surface area contributed by atoms with Crippen molar-refractivity contribution in [1.29, 1.82) is 5.26 Å². The van der Waals surface area contributed by atoms with Gasteiger partial charge in [-0.1, -0.05) is 12.1 Å². The number of aromatic hydroxyl groups is 1. The van der Waals surface area contributed by atoms with E-state index in [1.54, 1.807) is 19.1 Å². The molecule has 130 valence electrons. The molecule has 0 aliphatic rings. The Bertz CT molecular complexity index is 802. The zero-order valence-electron chi connectivity index (χ0n) is 13.9. The molecule has 7 nitrogen and oxygen atoms in total. The summed E-state index contributed by atoms with van der Waals surface area (Å²) in [5.41, 5.74) is 1.08. The van der Waals surface area contributed by atoms with E-state index in [-0.39, 0.29) is 23.6 Å². The first-order valence-corrected chi connectivity index (χ1v) is 7.59. The molecule has 2 rings (SSSR count). The van der Waals surface area contributed by atoms with Crippen LogP contribution in [-0.4, -0.2) is 30.6 Å². The Balaban J connectivity index is 2.05. The first-order chi connectivity index (χ1) is 11.9. The topological polar surface area (TPSA) is 113 Å². The Hall–Kier alpha value is -3.27. The lowest BCUT2D eigenvalue weighted by Crippen LogP contribution is -2.34. The van der Waals surface area contributed by atoms with E-state index in [1.165, 1.54) is 25.3 Å². The summed E-state index contributed by atoms with van der Waals surface area (Å²) in [7, 11) is 1.29. The Morgan fingerprint density at radius 2 is 2.04 bits per heavy atom. The summed E-state index contributed by atoms with van der Waals surface area (Å²) in [5.74, 6) is -0.938. The van der Waals surface area contributed by atoms with E-state index in [4.69, 9.17) is 14.4 Å². The van der Waals surface area contributed by atoms with Gasteiger partial charge >= 0.3 is 5.97 Å². The maximum Gasteiger partial charge on any atom is 0.310 e. The first kappa shape index (κ1) is 18.1. The van der Waals surface area contributed by atoms with E-state index in [9.17, 15) is 14.7 Å². The third kappa shape index (κ3) is 4.61. The van der Waals surface area contributed by atoms with Crippen LogP contribution in [0.4, 0.5) is 0 Å². The highest BCUT2D eigenvalue weighted by Crippen LogP contribution is 2.16. The number of rotatable bonds is 6. The Morgan fingerprint density at radius 3 is 2.60 bits per heavy atom. The van der Waals surface area contributed by atoms with Gasteiger partial charge in [-0.05, 0) is 31.0 Å². The van der Waals surface area contributed by atoms with Crippen molar-refractivity contribution in [3.8, 4) is 11.8 Å². The summed E-state index contributed by atoms with van der Waals surface area (Å²) in [6.07, 6.45) is 0.348. The molecule has 0 radical (unpaired) electrons. The average Bonchev–Trinajstić information content (AvgIpc) is 3.00. The van der Waals surface area contributed by atoms with Crippen molar-refractivity contribution < 1.29 is 23.8 Å². The molecule has 2 aromatic rings. The molecule has 0 saturated carbocycles. The standard InChI is InChI=1S/C18H18N2O5/c1-11-16(8-15(9-19)25-11)17(22)20-10-13(18(23)24-2)7-12-3-5-14(21)6-4-12/h3-6,8,13,21H,7,10H2,1-2H3,(H,20,22). The summed E-state index contributed by atoms with van der Waals surface area (Å²) in [6.45, 7) is 1.66. The van der Waals surface area contributed by atoms with Gasteiger partial charge in [-0.25, -0.2) is 0 Å². The second kappa shape index (κ2) is 8.02. The number of furan rings is 1. The lowest BCUT2D eigenvalue weighted by atomic mass is 9.99. The highest BCUT2D eigenvalue weighted by atomic mass is 16.5. The zero-order chi connectivity index (χ0) is 18.4. The number of nitrogens with one attached hydrogen (secondary N) is 1. The average molecular weight is 342 g/mol. The summed E-state index contributed by atoms with van der Waals surface area (Å²) >= 11 is 0. The zero-order valence-corrected chi connectivity index (χ0v) is 13.9. The van der Waals surface area contributed by atoms with E-state index in [1.807, 2.05) is 6.07 Å². The number of phenols is 1. The molecule has 1 aromatic heterocycles. The first-order valence-electron chi connectivity index (χ1n) is 7.59. The number of nitriles is 1. The van der Waals surface area contributed by atoms with Crippen LogP contribution in [0, 0.1) is 24.2 Å². The van der Waals surface area contributed by atoms with Crippen molar-refractivity contribution in [2.24, 2.45) is 5.92 Å². The Kier molecular flexibility index (Phi) is 5.79. The monoisotopic (exact) mass is 342 g/mol. The smallest absolute Gasteiger partial charge is 0.310 e. The molecule has 25 heavy (non-hydrogen) atoms. The lowest BCUT2D eigenvalue weighted by molar-refractivity contribution is -0.145. The molecule has 1 amide bonds. The molecule has 1 atom stereocenters. The highest BCUT2D eigenvalue weighted by Gasteiger charge is 2.22. The normalized spacial score (nSPS) is 11.4. The quantitative estimate of drug-likeness (QED) is 0.776. The molecule has 0 fully saturated rings. The predicted octanol–water partition coefficient (Wildman–Crippen LogP) is 1.93. The van der Waals surface area contributed by atoms with E-state index >= 15 is 0 Å². The minimum atomic E-state index is -0.582. The van der Waals surface area contributed by atoms with Crippen LogP contribution in [0.15, 0.2) is 34.7 Å². The molecule has 2 N–H and O–H groups in total. The van der Waals surface area contributed by atoms with Crippen LogP contribution >= 0.6 is 0 Å². The number of amides is 1. The SMILES string of the molecule is COC(=O)C(CNC(=O)c1cc(C#N)oc1C)Cc1ccc(O)cc1.